The molecule has 0 aliphatic heterocycles. The maximum atomic E-state index is 10.1. The molecule has 3 heteroatoms. The fourth-order valence-corrected chi connectivity index (χ4v) is 0.545. The van der Waals surface area contributed by atoms with Crippen molar-refractivity contribution in [2.75, 3.05) is 6.26 Å². The third-order valence-corrected chi connectivity index (χ3v) is 2.05. The summed E-state index contributed by atoms with van der Waals surface area (Å²) in [5.74, 6) is 0. The molecule has 0 aromatic heterocycles. The monoisotopic (exact) mass is 138 g/mol. The predicted octanol–water partition coefficient (Wildman–Crippen LogP) is 1.50. The van der Waals surface area contributed by atoms with E-state index in [2.05, 4.69) is 0 Å². The minimum Gasteiger partial charge on any atom is -0.280 e. The van der Waals surface area contributed by atoms with Crippen LogP contribution in [-0.4, -0.2) is 16.7 Å². The summed E-state index contributed by atoms with van der Waals surface area (Å²) in [6, 6.07) is 0. The van der Waals surface area contributed by atoms with Gasteiger partial charge in [-0.05, 0) is 24.8 Å². The molecule has 7 heavy (non-hydrogen) atoms. The molecule has 0 aliphatic carbocycles. The molecule has 0 spiro atoms. The maximum Gasteiger partial charge on any atom is 0.234 e. The van der Waals surface area contributed by atoms with Crippen LogP contribution in [0.5, 0.6) is 0 Å². The van der Waals surface area contributed by atoms with Gasteiger partial charge < -0.3 is 0 Å². The molecular weight excluding hydrogens is 132 g/mol. The van der Waals surface area contributed by atoms with E-state index in [4.69, 9.17) is 11.6 Å². The van der Waals surface area contributed by atoms with Gasteiger partial charge >= 0.3 is 0 Å². The highest BCUT2D eigenvalue weighted by atomic mass is 35.5. The zero-order chi connectivity index (χ0) is 5.86. The summed E-state index contributed by atoms with van der Waals surface area (Å²) >= 11 is 6.52. The first-order valence-corrected chi connectivity index (χ1v) is 3.57. The Kier molecular flexibility index (Phi) is 3.48. The Bertz CT molecular complexity index is 74.1. The highest BCUT2D eigenvalue weighted by molar-refractivity contribution is 8.00. The first-order valence-electron chi connectivity index (χ1n) is 1.90. The third-order valence-electron chi connectivity index (χ3n) is 0.673. The van der Waals surface area contributed by atoms with Crippen LogP contribution >= 0.6 is 23.4 Å². The van der Waals surface area contributed by atoms with Gasteiger partial charge in [0.1, 0.15) is 0 Å². The molecule has 0 saturated heterocycles. The molecule has 0 amide bonds. The minimum absolute atomic E-state index is 0.0540. The summed E-state index contributed by atoms with van der Waals surface area (Å²) in [4.78, 5) is 10.1. The van der Waals surface area contributed by atoms with Crippen molar-refractivity contribution < 1.29 is 4.79 Å². The van der Waals surface area contributed by atoms with Gasteiger partial charge in [-0.2, -0.15) is 11.8 Å². The van der Waals surface area contributed by atoms with Crippen molar-refractivity contribution in [3.63, 3.8) is 0 Å². The Labute approximate surface area is 52.4 Å². The first kappa shape index (κ1) is 7.31. The number of carbonyl (C=O) groups is 1. The summed E-state index contributed by atoms with van der Waals surface area (Å²) in [6.45, 7) is 1.78. The van der Waals surface area contributed by atoms with Crippen LogP contribution in [0.25, 0.3) is 0 Å². The molecule has 0 aliphatic rings. The Morgan fingerprint density at radius 3 is 2.29 bits per heavy atom. The molecule has 0 aromatic rings. The van der Waals surface area contributed by atoms with Crippen molar-refractivity contribution in [1.82, 2.24) is 0 Å². The van der Waals surface area contributed by atoms with Gasteiger partial charge in [-0.3, -0.25) is 4.79 Å². The highest BCUT2D eigenvalue weighted by Gasteiger charge is 2.04. The number of halogens is 1. The van der Waals surface area contributed by atoms with E-state index in [0.29, 0.717) is 0 Å². The Morgan fingerprint density at radius 1 is 1.86 bits per heavy atom. The maximum absolute atomic E-state index is 10.1. The van der Waals surface area contributed by atoms with Gasteiger partial charge in [-0.15, -0.1) is 0 Å². The van der Waals surface area contributed by atoms with E-state index >= 15 is 0 Å². The molecule has 0 radical (unpaired) electrons. The van der Waals surface area contributed by atoms with E-state index < -0.39 is 0 Å². The number of thioether (sulfide) groups is 1. The molecule has 42 valence electrons. The number of carbonyl (C=O) groups excluding carboxylic acids is 1. The topological polar surface area (TPSA) is 17.1 Å². The first-order chi connectivity index (χ1) is 3.18. The van der Waals surface area contributed by atoms with Crippen LogP contribution in [0.3, 0.4) is 0 Å². The molecule has 0 rings (SSSR count). The predicted molar refractivity (Wildman–Crippen MR) is 33.8 cm³/mol. The highest BCUT2D eigenvalue weighted by Crippen LogP contribution is 2.07. The average Bonchev–Trinajstić information content (AvgIpc) is 1.65. The second-order valence-corrected chi connectivity index (χ2v) is 2.73. The van der Waals surface area contributed by atoms with E-state index in [9.17, 15) is 4.79 Å². The van der Waals surface area contributed by atoms with Crippen LogP contribution < -0.4 is 0 Å². The number of rotatable bonds is 2. The van der Waals surface area contributed by atoms with Crippen LogP contribution in [0.4, 0.5) is 0 Å². The molecule has 0 N–H and O–H groups in total. The van der Waals surface area contributed by atoms with Crippen LogP contribution in [0.1, 0.15) is 6.92 Å². The van der Waals surface area contributed by atoms with Gasteiger partial charge in [0.15, 0.2) is 0 Å². The Hall–Kier alpha value is 0.310. The van der Waals surface area contributed by atoms with E-state index in [0.717, 1.165) is 0 Å². The van der Waals surface area contributed by atoms with Gasteiger partial charge in [0, 0.05) is 0 Å². The fraction of sp³-hybridized carbons (Fsp3) is 0.750. The number of hydrogen-bond donors (Lipinski definition) is 0. The fourth-order valence-electron chi connectivity index (χ4n) is 0.0927. The third kappa shape index (κ3) is 2.94. The average molecular weight is 139 g/mol. The van der Waals surface area contributed by atoms with Crippen molar-refractivity contribution in [2.24, 2.45) is 0 Å². The van der Waals surface area contributed by atoms with Crippen molar-refractivity contribution in [3.8, 4) is 0 Å². The van der Waals surface area contributed by atoms with Crippen molar-refractivity contribution in [3.05, 3.63) is 0 Å². The molecule has 0 fully saturated rings. The largest absolute Gasteiger partial charge is 0.280 e. The van der Waals surface area contributed by atoms with Gasteiger partial charge in [0.2, 0.25) is 5.24 Å². The van der Waals surface area contributed by atoms with Crippen molar-refractivity contribution in [2.45, 2.75) is 12.2 Å². The molecule has 0 bridgehead atoms. The Morgan fingerprint density at radius 2 is 2.29 bits per heavy atom. The Balaban J connectivity index is 3.34. The lowest BCUT2D eigenvalue weighted by Gasteiger charge is -1.95. The lowest BCUT2D eigenvalue weighted by atomic mass is 10.5. The standard InChI is InChI=1S/C4H7ClOS/c1-3(7-2)4(5)6/h3H,1-2H3/t3-/m1/s1. The van der Waals surface area contributed by atoms with Crippen LogP contribution in [-0.2, 0) is 4.79 Å². The van der Waals surface area contributed by atoms with Crippen LogP contribution in [0.2, 0.25) is 0 Å². The molecule has 0 heterocycles. The van der Waals surface area contributed by atoms with E-state index in [-0.39, 0.29) is 10.5 Å². The molecule has 1 nitrogen and oxygen atoms in total. The molecule has 0 aromatic carbocycles. The lowest BCUT2D eigenvalue weighted by molar-refractivity contribution is -0.111. The summed E-state index contributed by atoms with van der Waals surface area (Å²) < 4.78 is 0. The summed E-state index contributed by atoms with van der Waals surface area (Å²) in [5, 5.41) is -0.325. The van der Waals surface area contributed by atoms with Crippen LogP contribution in [0, 0.1) is 0 Å². The van der Waals surface area contributed by atoms with Crippen molar-refractivity contribution in [1.29, 1.82) is 0 Å². The minimum atomic E-state index is -0.271. The quantitative estimate of drug-likeness (QED) is 0.538. The van der Waals surface area contributed by atoms with E-state index in [1.807, 2.05) is 6.26 Å². The van der Waals surface area contributed by atoms with Gasteiger partial charge in [-0.25, -0.2) is 0 Å². The van der Waals surface area contributed by atoms with Crippen LogP contribution in [0.15, 0.2) is 0 Å². The lowest BCUT2D eigenvalue weighted by Crippen LogP contribution is -2.03. The molecule has 0 unspecified atom stereocenters. The SMILES string of the molecule is CS[C@H](C)C(=O)Cl. The zero-order valence-corrected chi connectivity index (χ0v) is 5.84. The summed E-state index contributed by atoms with van der Waals surface area (Å²) in [6.07, 6.45) is 1.85. The van der Waals surface area contributed by atoms with Gasteiger partial charge in [-0.1, -0.05) is 0 Å². The normalized spacial score (nSPS) is 13.6. The second-order valence-electron chi connectivity index (χ2n) is 1.18. The molecular formula is C4H7ClOS. The smallest absolute Gasteiger partial charge is 0.234 e. The summed E-state index contributed by atoms with van der Waals surface area (Å²) in [7, 11) is 0. The molecule has 0 saturated carbocycles. The van der Waals surface area contributed by atoms with E-state index in [1.54, 1.807) is 6.92 Å². The van der Waals surface area contributed by atoms with E-state index in [1.165, 1.54) is 11.8 Å². The van der Waals surface area contributed by atoms with Crippen molar-refractivity contribution >= 4 is 28.6 Å². The van der Waals surface area contributed by atoms with Gasteiger partial charge in [0.25, 0.3) is 0 Å². The zero-order valence-electron chi connectivity index (χ0n) is 4.27. The van der Waals surface area contributed by atoms with Gasteiger partial charge in [0.05, 0.1) is 5.25 Å². The second kappa shape index (κ2) is 3.33. The number of hydrogen-bond acceptors (Lipinski definition) is 2. The molecule has 1 atom stereocenters. The summed E-state index contributed by atoms with van der Waals surface area (Å²) in [5.41, 5.74) is 0.